The Morgan fingerprint density at radius 3 is 2.72 bits per heavy atom. The summed E-state index contributed by atoms with van der Waals surface area (Å²) in [6.07, 6.45) is -2.63. The standard InChI is InChI=1S/C20H22F3N4OS/c1-13(2)10-26-27-16-7-5-4-6-15(16)24-19(27)25-9-8-18(28-12-20(21,22)23)14(3)17(25)11-29-26/h4-9,13H,10-12H2,1-3H3/q+1. The van der Waals surface area contributed by atoms with Gasteiger partial charge in [0.15, 0.2) is 17.6 Å². The maximum Gasteiger partial charge on any atom is 0.427 e. The van der Waals surface area contributed by atoms with Gasteiger partial charge in [0.1, 0.15) is 11.4 Å². The molecule has 1 aromatic carbocycles. The number of nitrogens with zero attached hydrogens (tertiary/aromatic N) is 4. The van der Waals surface area contributed by atoms with Gasteiger partial charge in [-0.3, -0.25) is 0 Å². The van der Waals surface area contributed by atoms with Crippen molar-refractivity contribution in [2.24, 2.45) is 5.92 Å². The first kappa shape index (κ1) is 19.9. The van der Waals surface area contributed by atoms with Crippen LogP contribution in [0.4, 0.5) is 13.2 Å². The topological polar surface area (TPSA) is 34.2 Å². The minimum Gasteiger partial charge on any atom is -0.484 e. The van der Waals surface area contributed by atoms with E-state index >= 15 is 0 Å². The number of hydrogen-bond acceptors (Lipinski definition) is 4. The molecular weight excluding hydrogens is 401 g/mol. The molecule has 1 aliphatic rings. The Hall–Kier alpha value is -2.42. The molecule has 0 unspecified atom stereocenters. The molecule has 0 amide bonds. The van der Waals surface area contributed by atoms with Crippen LogP contribution in [0.5, 0.6) is 5.75 Å². The number of alkyl halides is 3. The molecule has 0 N–H and O–H groups in total. The van der Waals surface area contributed by atoms with Crippen LogP contribution in [0, 0.1) is 12.8 Å². The van der Waals surface area contributed by atoms with Crippen molar-refractivity contribution in [3.05, 3.63) is 47.8 Å². The minimum absolute atomic E-state index is 0.245. The molecule has 3 aromatic rings. The Morgan fingerprint density at radius 2 is 2.00 bits per heavy atom. The number of halogens is 3. The van der Waals surface area contributed by atoms with Gasteiger partial charge in [-0.15, -0.1) is 4.68 Å². The first-order valence-electron chi connectivity index (χ1n) is 9.37. The first-order valence-corrected chi connectivity index (χ1v) is 10.3. The fraction of sp³-hybridized carbons (Fsp3) is 0.400. The highest BCUT2D eigenvalue weighted by Crippen LogP contribution is 2.31. The van der Waals surface area contributed by atoms with Crippen molar-refractivity contribution in [3.63, 3.8) is 0 Å². The number of rotatable bonds is 4. The summed E-state index contributed by atoms with van der Waals surface area (Å²) < 4.78 is 49.1. The Kier molecular flexibility index (Phi) is 5.10. The zero-order valence-electron chi connectivity index (χ0n) is 16.4. The molecule has 1 aliphatic heterocycles. The summed E-state index contributed by atoms with van der Waals surface area (Å²) in [5.74, 6) is 1.99. The van der Waals surface area contributed by atoms with Crippen molar-refractivity contribution in [2.45, 2.75) is 32.7 Å². The molecule has 0 saturated carbocycles. The molecule has 5 nitrogen and oxygen atoms in total. The van der Waals surface area contributed by atoms with E-state index in [1.807, 2.05) is 28.8 Å². The van der Waals surface area contributed by atoms with E-state index in [1.165, 1.54) is 0 Å². The Morgan fingerprint density at radius 1 is 1.24 bits per heavy atom. The van der Waals surface area contributed by atoms with Crippen LogP contribution in [-0.4, -0.2) is 29.0 Å². The molecule has 0 radical (unpaired) electrons. The number of para-hydroxylation sites is 2. The van der Waals surface area contributed by atoms with E-state index in [0.717, 1.165) is 29.2 Å². The molecule has 0 bridgehead atoms. The van der Waals surface area contributed by atoms with Crippen molar-refractivity contribution in [2.75, 3.05) is 17.6 Å². The highest BCUT2D eigenvalue weighted by Gasteiger charge is 2.34. The number of fused-ring (bicyclic) bond motifs is 5. The highest BCUT2D eigenvalue weighted by atomic mass is 32.2. The van der Waals surface area contributed by atoms with Gasteiger partial charge in [-0.05, 0) is 36.9 Å². The zero-order valence-corrected chi connectivity index (χ0v) is 17.2. The number of pyridine rings is 1. The number of ether oxygens (including phenoxy) is 1. The molecule has 0 fully saturated rings. The van der Waals surface area contributed by atoms with Crippen LogP contribution < -0.4 is 13.7 Å². The average Bonchev–Trinajstić information content (AvgIpc) is 2.96. The molecule has 0 atom stereocenters. The summed E-state index contributed by atoms with van der Waals surface area (Å²) in [4.78, 5) is 4.82. The second-order valence-corrected chi connectivity index (χ2v) is 8.41. The molecular formula is C20H22F3N4OS+. The Balaban J connectivity index is 1.84. The van der Waals surface area contributed by atoms with Gasteiger partial charge in [0, 0.05) is 11.6 Å². The maximum absolute atomic E-state index is 12.6. The van der Waals surface area contributed by atoms with Gasteiger partial charge in [-0.25, -0.2) is 8.98 Å². The van der Waals surface area contributed by atoms with E-state index < -0.39 is 12.8 Å². The summed E-state index contributed by atoms with van der Waals surface area (Å²) >= 11 is 1.62. The number of aromatic nitrogens is 3. The van der Waals surface area contributed by atoms with Gasteiger partial charge in [0.05, 0.1) is 18.5 Å². The summed E-state index contributed by atoms with van der Waals surface area (Å²) in [6.45, 7) is 5.60. The monoisotopic (exact) mass is 423 g/mol. The second-order valence-electron chi connectivity index (χ2n) is 7.44. The number of hydrogen-bond donors (Lipinski definition) is 0. The van der Waals surface area contributed by atoms with Crippen LogP contribution in [0.15, 0.2) is 36.5 Å². The molecule has 9 heteroatoms. The predicted octanol–water partition coefficient (Wildman–Crippen LogP) is 4.32. The van der Waals surface area contributed by atoms with Crippen LogP contribution in [0.2, 0.25) is 0 Å². The van der Waals surface area contributed by atoms with E-state index in [4.69, 9.17) is 9.72 Å². The van der Waals surface area contributed by atoms with Crippen molar-refractivity contribution in [1.82, 2.24) is 9.66 Å². The van der Waals surface area contributed by atoms with Crippen LogP contribution >= 0.6 is 11.9 Å². The smallest absolute Gasteiger partial charge is 0.427 e. The quantitative estimate of drug-likeness (QED) is 0.462. The normalized spacial score (nSPS) is 14.1. The van der Waals surface area contributed by atoms with E-state index in [0.29, 0.717) is 17.2 Å². The molecule has 0 aliphatic carbocycles. The lowest BCUT2D eigenvalue weighted by Crippen LogP contribution is -2.41. The summed E-state index contributed by atoms with van der Waals surface area (Å²) in [6, 6.07) is 9.49. The van der Waals surface area contributed by atoms with Crippen molar-refractivity contribution in [1.29, 1.82) is 0 Å². The number of imidazole rings is 1. The molecule has 29 heavy (non-hydrogen) atoms. The lowest BCUT2D eigenvalue weighted by molar-refractivity contribution is -0.612. The van der Waals surface area contributed by atoms with E-state index in [2.05, 4.69) is 22.9 Å². The third-order valence-corrected chi connectivity index (χ3v) is 5.70. The third kappa shape index (κ3) is 3.88. The first-order chi connectivity index (χ1) is 13.7. The fourth-order valence-corrected chi connectivity index (χ4v) is 4.68. The third-order valence-electron chi connectivity index (χ3n) is 4.69. The van der Waals surface area contributed by atoms with E-state index in [9.17, 15) is 13.2 Å². The van der Waals surface area contributed by atoms with Crippen molar-refractivity contribution >= 4 is 23.0 Å². The Labute approximate surface area is 171 Å². The maximum atomic E-state index is 12.6. The van der Waals surface area contributed by atoms with Crippen LogP contribution in [0.25, 0.3) is 17.0 Å². The van der Waals surface area contributed by atoms with Gasteiger partial charge >= 0.3 is 12.1 Å². The minimum atomic E-state index is -4.37. The van der Waals surface area contributed by atoms with Gasteiger partial charge in [-0.1, -0.05) is 31.0 Å². The highest BCUT2D eigenvalue weighted by molar-refractivity contribution is 7.99. The van der Waals surface area contributed by atoms with Gasteiger partial charge < -0.3 is 4.74 Å². The molecule has 2 aromatic heterocycles. The predicted molar refractivity (Wildman–Crippen MR) is 107 cm³/mol. The molecule has 154 valence electrons. The van der Waals surface area contributed by atoms with Gasteiger partial charge in [-0.2, -0.15) is 13.2 Å². The molecule has 4 rings (SSSR count). The van der Waals surface area contributed by atoms with Crippen LogP contribution in [-0.2, 0) is 5.75 Å². The zero-order chi connectivity index (χ0) is 20.8. The molecule has 0 saturated heterocycles. The molecule has 3 heterocycles. The Bertz CT molecular complexity index is 1050. The van der Waals surface area contributed by atoms with E-state index in [-0.39, 0.29) is 5.75 Å². The SMILES string of the molecule is Cc1c(OCC(F)(F)F)cc[n+]2c1CSN(CC(C)C)n1c-2nc2ccccc21. The van der Waals surface area contributed by atoms with Gasteiger partial charge in [0.25, 0.3) is 0 Å². The summed E-state index contributed by atoms with van der Waals surface area (Å²) in [5, 5.41) is 0. The van der Waals surface area contributed by atoms with Crippen molar-refractivity contribution < 1.29 is 22.5 Å². The van der Waals surface area contributed by atoms with Crippen LogP contribution in [0.3, 0.4) is 0 Å². The number of benzene rings is 1. The average molecular weight is 423 g/mol. The van der Waals surface area contributed by atoms with Crippen molar-refractivity contribution in [3.8, 4) is 11.7 Å². The second kappa shape index (κ2) is 7.44. The lowest BCUT2D eigenvalue weighted by Gasteiger charge is -2.21. The van der Waals surface area contributed by atoms with Crippen LogP contribution in [0.1, 0.15) is 25.1 Å². The van der Waals surface area contributed by atoms with Gasteiger partial charge in [0.2, 0.25) is 0 Å². The fourth-order valence-electron chi connectivity index (χ4n) is 3.38. The summed E-state index contributed by atoms with van der Waals surface area (Å²) in [7, 11) is 0. The largest absolute Gasteiger partial charge is 0.484 e. The summed E-state index contributed by atoms with van der Waals surface area (Å²) in [5.41, 5.74) is 3.42. The lowest BCUT2D eigenvalue weighted by atomic mass is 10.2. The molecule has 0 spiro atoms. The van der Waals surface area contributed by atoms with E-state index in [1.54, 1.807) is 31.1 Å².